The molecule has 0 saturated carbocycles. The molecular weight excluding hydrogens is 298 g/mol. The van der Waals surface area contributed by atoms with Crippen molar-refractivity contribution in [2.75, 3.05) is 12.0 Å². The normalized spacial score (nSPS) is 11.7. The van der Waals surface area contributed by atoms with Gasteiger partial charge < -0.3 is 16.4 Å². The molecule has 0 aliphatic heterocycles. The standard InChI is InChI=1S/C13H18ClN3O2S/c1-20-7-6-11(17-13(15)19)12(18)16-8-9-4-2-3-5-10(9)14/h2-5,11H,6-8H2,1H3,(H,16,18)(H3,15,17,19)/t11-/m1/s1. The highest BCUT2D eigenvalue weighted by Gasteiger charge is 2.19. The number of thioether (sulfide) groups is 1. The molecule has 0 fully saturated rings. The number of nitrogens with two attached hydrogens (primary N) is 1. The van der Waals surface area contributed by atoms with Crippen LogP contribution in [0.3, 0.4) is 0 Å². The average molecular weight is 316 g/mol. The average Bonchev–Trinajstić information content (AvgIpc) is 2.41. The lowest BCUT2D eigenvalue weighted by Crippen LogP contribution is -2.48. The zero-order valence-corrected chi connectivity index (χ0v) is 12.8. The van der Waals surface area contributed by atoms with E-state index in [4.69, 9.17) is 17.3 Å². The van der Waals surface area contributed by atoms with Gasteiger partial charge in [0, 0.05) is 11.6 Å². The molecule has 1 aromatic rings. The number of carbonyl (C=O) groups is 2. The van der Waals surface area contributed by atoms with E-state index in [1.807, 2.05) is 24.5 Å². The van der Waals surface area contributed by atoms with Crippen molar-refractivity contribution in [1.29, 1.82) is 0 Å². The molecule has 0 aromatic heterocycles. The molecular formula is C13H18ClN3O2S. The first-order valence-electron chi connectivity index (χ1n) is 6.10. The first-order chi connectivity index (χ1) is 9.54. The molecule has 4 N–H and O–H groups in total. The van der Waals surface area contributed by atoms with Crippen molar-refractivity contribution in [3.8, 4) is 0 Å². The van der Waals surface area contributed by atoms with Gasteiger partial charge in [0.25, 0.3) is 0 Å². The van der Waals surface area contributed by atoms with Gasteiger partial charge in [-0.3, -0.25) is 4.79 Å². The highest BCUT2D eigenvalue weighted by Crippen LogP contribution is 2.14. The maximum atomic E-state index is 12.0. The number of primary amides is 1. The zero-order chi connectivity index (χ0) is 15.0. The quantitative estimate of drug-likeness (QED) is 0.716. The van der Waals surface area contributed by atoms with Gasteiger partial charge >= 0.3 is 6.03 Å². The lowest BCUT2D eigenvalue weighted by atomic mass is 10.2. The van der Waals surface area contributed by atoms with Gasteiger partial charge in [0.15, 0.2) is 0 Å². The lowest BCUT2D eigenvalue weighted by Gasteiger charge is -2.17. The van der Waals surface area contributed by atoms with Crippen molar-refractivity contribution in [2.24, 2.45) is 5.73 Å². The Balaban J connectivity index is 2.57. The minimum Gasteiger partial charge on any atom is -0.352 e. The SMILES string of the molecule is CSCC[C@@H](NC(N)=O)C(=O)NCc1ccccc1Cl. The molecule has 0 aliphatic carbocycles. The van der Waals surface area contributed by atoms with Crippen LogP contribution in [0.4, 0.5) is 4.79 Å². The molecule has 7 heteroatoms. The van der Waals surface area contributed by atoms with Crippen molar-refractivity contribution in [2.45, 2.75) is 19.0 Å². The molecule has 1 rings (SSSR count). The second kappa shape index (κ2) is 8.71. The van der Waals surface area contributed by atoms with Gasteiger partial charge in [-0.05, 0) is 30.1 Å². The van der Waals surface area contributed by atoms with Gasteiger partial charge in [-0.2, -0.15) is 11.8 Å². The molecule has 1 aromatic carbocycles. The maximum Gasteiger partial charge on any atom is 0.312 e. The number of benzene rings is 1. The summed E-state index contributed by atoms with van der Waals surface area (Å²) in [6.07, 6.45) is 2.46. The van der Waals surface area contributed by atoms with Crippen LogP contribution in [0.2, 0.25) is 5.02 Å². The second-order valence-corrected chi connectivity index (χ2v) is 5.54. The van der Waals surface area contributed by atoms with Crippen LogP contribution in [0.1, 0.15) is 12.0 Å². The minimum atomic E-state index is -0.705. The molecule has 0 unspecified atom stereocenters. The molecule has 0 radical (unpaired) electrons. The molecule has 3 amide bonds. The van der Waals surface area contributed by atoms with E-state index in [2.05, 4.69) is 10.6 Å². The third-order valence-corrected chi connectivity index (χ3v) is 3.67. The van der Waals surface area contributed by atoms with Crippen LogP contribution in [-0.2, 0) is 11.3 Å². The Morgan fingerprint density at radius 1 is 1.40 bits per heavy atom. The Morgan fingerprint density at radius 3 is 2.70 bits per heavy atom. The number of hydrogen-bond acceptors (Lipinski definition) is 3. The molecule has 0 saturated heterocycles. The smallest absolute Gasteiger partial charge is 0.312 e. The topological polar surface area (TPSA) is 84.2 Å². The number of rotatable bonds is 7. The van der Waals surface area contributed by atoms with E-state index in [1.54, 1.807) is 17.8 Å². The van der Waals surface area contributed by atoms with E-state index in [0.717, 1.165) is 11.3 Å². The van der Waals surface area contributed by atoms with Crippen molar-refractivity contribution in [3.63, 3.8) is 0 Å². The summed E-state index contributed by atoms with van der Waals surface area (Å²) in [5, 5.41) is 5.79. The predicted molar refractivity (Wildman–Crippen MR) is 82.8 cm³/mol. The van der Waals surface area contributed by atoms with Crippen LogP contribution in [-0.4, -0.2) is 30.0 Å². The fourth-order valence-electron chi connectivity index (χ4n) is 1.62. The molecule has 0 bridgehead atoms. The third-order valence-electron chi connectivity index (χ3n) is 2.65. The van der Waals surface area contributed by atoms with E-state index in [1.165, 1.54) is 0 Å². The number of hydrogen-bond donors (Lipinski definition) is 3. The number of nitrogens with one attached hydrogen (secondary N) is 2. The zero-order valence-electron chi connectivity index (χ0n) is 11.2. The van der Waals surface area contributed by atoms with E-state index >= 15 is 0 Å². The summed E-state index contributed by atoms with van der Waals surface area (Å²) >= 11 is 7.61. The second-order valence-electron chi connectivity index (χ2n) is 4.15. The summed E-state index contributed by atoms with van der Waals surface area (Å²) in [6.45, 7) is 0.314. The van der Waals surface area contributed by atoms with Crippen molar-refractivity contribution in [3.05, 3.63) is 34.9 Å². The van der Waals surface area contributed by atoms with Gasteiger partial charge in [0.05, 0.1) is 0 Å². The largest absolute Gasteiger partial charge is 0.352 e. The minimum absolute atomic E-state index is 0.266. The first-order valence-corrected chi connectivity index (χ1v) is 7.87. The van der Waals surface area contributed by atoms with E-state index in [0.29, 0.717) is 18.0 Å². The summed E-state index contributed by atoms with van der Waals surface area (Å²) in [4.78, 5) is 22.9. The summed E-state index contributed by atoms with van der Waals surface area (Å²) in [5.41, 5.74) is 5.90. The monoisotopic (exact) mass is 315 g/mol. The van der Waals surface area contributed by atoms with Crippen LogP contribution in [0.5, 0.6) is 0 Å². The fourth-order valence-corrected chi connectivity index (χ4v) is 2.30. The van der Waals surface area contributed by atoms with Crippen LogP contribution in [0.25, 0.3) is 0 Å². The first kappa shape index (κ1) is 16.7. The number of carbonyl (C=O) groups excluding carboxylic acids is 2. The van der Waals surface area contributed by atoms with Crippen LogP contribution < -0.4 is 16.4 Å². The number of urea groups is 1. The van der Waals surface area contributed by atoms with Gasteiger partial charge in [0.1, 0.15) is 6.04 Å². The Morgan fingerprint density at radius 2 is 2.10 bits per heavy atom. The summed E-state index contributed by atoms with van der Waals surface area (Å²) in [6, 6.07) is 5.94. The fraction of sp³-hybridized carbons (Fsp3) is 0.385. The Kier molecular flexibility index (Phi) is 7.25. The van der Waals surface area contributed by atoms with Gasteiger partial charge in [-0.1, -0.05) is 29.8 Å². The lowest BCUT2D eigenvalue weighted by molar-refractivity contribution is -0.123. The van der Waals surface area contributed by atoms with Gasteiger partial charge in [-0.25, -0.2) is 4.79 Å². The predicted octanol–water partition coefficient (Wildman–Crippen LogP) is 1.75. The maximum absolute atomic E-state index is 12.0. The Bertz CT molecular complexity index is 471. The summed E-state index contributed by atoms with van der Waals surface area (Å²) in [5.74, 6) is 0.488. The van der Waals surface area contributed by atoms with Crippen molar-refractivity contribution >= 4 is 35.3 Å². The molecule has 110 valence electrons. The van der Waals surface area contributed by atoms with Crippen LogP contribution >= 0.6 is 23.4 Å². The van der Waals surface area contributed by atoms with E-state index in [-0.39, 0.29) is 5.91 Å². The van der Waals surface area contributed by atoms with E-state index < -0.39 is 12.1 Å². The number of amides is 3. The molecule has 0 aliphatic rings. The molecule has 1 atom stereocenters. The van der Waals surface area contributed by atoms with E-state index in [9.17, 15) is 9.59 Å². The molecule has 5 nitrogen and oxygen atoms in total. The summed E-state index contributed by atoms with van der Waals surface area (Å²) < 4.78 is 0. The molecule has 0 spiro atoms. The van der Waals surface area contributed by atoms with Gasteiger partial charge in [-0.15, -0.1) is 0 Å². The molecule has 0 heterocycles. The van der Waals surface area contributed by atoms with Gasteiger partial charge in [0.2, 0.25) is 5.91 Å². The third kappa shape index (κ3) is 5.71. The van der Waals surface area contributed by atoms with Crippen molar-refractivity contribution in [1.82, 2.24) is 10.6 Å². The number of halogens is 1. The highest BCUT2D eigenvalue weighted by molar-refractivity contribution is 7.98. The molecule has 20 heavy (non-hydrogen) atoms. The van der Waals surface area contributed by atoms with Crippen LogP contribution in [0.15, 0.2) is 24.3 Å². The summed E-state index contributed by atoms with van der Waals surface area (Å²) in [7, 11) is 0. The Hall–Kier alpha value is -1.40. The van der Waals surface area contributed by atoms with Crippen LogP contribution in [0, 0.1) is 0 Å². The highest BCUT2D eigenvalue weighted by atomic mass is 35.5. The van der Waals surface area contributed by atoms with Crippen molar-refractivity contribution < 1.29 is 9.59 Å². The Labute approximate surface area is 127 Å².